The molecule has 1 aliphatic heterocycles. The van der Waals surface area contributed by atoms with Crippen molar-refractivity contribution in [2.24, 2.45) is 0 Å². The summed E-state index contributed by atoms with van der Waals surface area (Å²) in [6, 6.07) is 8.44. The van der Waals surface area contributed by atoms with Crippen molar-refractivity contribution in [3.63, 3.8) is 0 Å². The number of thioether (sulfide) groups is 4. The van der Waals surface area contributed by atoms with E-state index in [1.165, 1.54) is 28.0 Å². The summed E-state index contributed by atoms with van der Waals surface area (Å²) in [6.45, 7) is 0. The molecule has 0 amide bonds. The molecule has 3 aromatic rings. The lowest BCUT2D eigenvalue weighted by Gasteiger charge is -2.17. The van der Waals surface area contributed by atoms with Gasteiger partial charge in [0.2, 0.25) is 0 Å². The molecule has 0 radical (unpaired) electrons. The molecule has 0 atom stereocenters. The number of rotatable bonds is 4. The Balaban J connectivity index is 1.90. The second kappa shape index (κ2) is 6.98. The molecule has 0 saturated carbocycles. The molecule has 0 aliphatic carbocycles. The van der Waals surface area contributed by atoms with Crippen molar-refractivity contribution in [2.45, 2.75) is 9.79 Å². The molecule has 0 spiro atoms. The molecular weight excluding hydrogens is 401 g/mol. The molecule has 0 unspecified atom stereocenters. The Morgan fingerprint density at radius 2 is 1.26 bits per heavy atom. The summed E-state index contributed by atoms with van der Waals surface area (Å²) < 4.78 is 9.11. The molecule has 0 N–H and O–H groups in total. The largest absolute Gasteiger partial charge is 0.452 e. The lowest BCUT2D eigenvalue weighted by atomic mass is 10.3. The average molecular weight is 413 g/mol. The third kappa shape index (κ3) is 2.96. The molecule has 23 heavy (non-hydrogen) atoms. The normalized spacial score (nSPS) is 14.3. The van der Waals surface area contributed by atoms with E-state index in [4.69, 9.17) is 4.42 Å². The first-order valence-corrected chi connectivity index (χ1v) is 12.6. The maximum Gasteiger partial charge on any atom is 0.159 e. The summed E-state index contributed by atoms with van der Waals surface area (Å²) in [4.78, 5) is 4.93. The molecule has 1 aliphatic rings. The van der Waals surface area contributed by atoms with Gasteiger partial charge in [-0.15, -0.1) is 46.2 Å². The van der Waals surface area contributed by atoms with Crippen LogP contribution in [0.15, 0.2) is 57.7 Å². The lowest BCUT2D eigenvalue weighted by molar-refractivity contribution is 0.592. The first kappa shape index (κ1) is 16.3. The topological polar surface area (TPSA) is 13.1 Å². The number of fused-ring (bicyclic) bond motifs is 1. The number of thiophene rings is 2. The fraction of sp³-hybridized carbons (Fsp3) is 0.125. The predicted molar refractivity (Wildman–Crippen MR) is 111 cm³/mol. The summed E-state index contributed by atoms with van der Waals surface area (Å²) >= 11 is 10.8. The van der Waals surface area contributed by atoms with Gasteiger partial charge in [-0.05, 0) is 35.4 Å². The van der Waals surface area contributed by atoms with Gasteiger partial charge in [0.1, 0.15) is 0 Å². The molecule has 0 fully saturated rings. The maximum atomic E-state index is 6.38. The van der Waals surface area contributed by atoms with Crippen molar-refractivity contribution in [3.05, 3.63) is 43.5 Å². The minimum Gasteiger partial charge on any atom is -0.452 e. The second-order valence-corrected chi connectivity index (χ2v) is 10.6. The molecule has 118 valence electrons. The second-order valence-electron chi connectivity index (χ2n) is 4.56. The van der Waals surface area contributed by atoms with Crippen molar-refractivity contribution < 1.29 is 4.42 Å². The highest BCUT2D eigenvalue weighted by Crippen LogP contribution is 2.60. The monoisotopic (exact) mass is 412 g/mol. The van der Waals surface area contributed by atoms with E-state index in [1.54, 1.807) is 22.7 Å². The van der Waals surface area contributed by atoms with E-state index in [9.17, 15) is 0 Å². The molecule has 4 heterocycles. The first-order chi connectivity index (χ1) is 11.3. The van der Waals surface area contributed by atoms with Gasteiger partial charge in [0.15, 0.2) is 11.5 Å². The van der Waals surface area contributed by atoms with Crippen LogP contribution in [-0.2, 0) is 0 Å². The van der Waals surface area contributed by atoms with E-state index in [-0.39, 0.29) is 0 Å². The van der Waals surface area contributed by atoms with Crippen LogP contribution in [0.25, 0.3) is 21.3 Å². The lowest BCUT2D eigenvalue weighted by Crippen LogP contribution is -1.87. The van der Waals surface area contributed by atoms with E-state index < -0.39 is 0 Å². The number of hydrogen-bond acceptors (Lipinski definition) is 7. The highest BCUT2D eigenvalue weighted by Gasteiger charge is 2.30. The third-order valence-electron chi connectivity index (χ3n) is 3.24. The fourth-order valence-corrected chi connectivity index (χ4v) is 8.44. The highest BCUT2D eigenvalue weighted by molar-refractivity contribution is 8.29. The van der Waals surface area contributed by atoms with E-state index in [0.717, 1.165) is 11.5 Å². The zero-order valence-electron chi connectivity index (χ0n) is 12.3. The van der Waals surface area contributed by atoms with Gasteiger partial charge < -0.3 is 4.42 Å². The smallest absolute Gasteiger partial charge is 0.159 e. The Labute approximate surface area is 160 Å². The molecule has 4 rings (SSSR count). The van der Waals surface area contributed by atoms with E-state index in [2.05, 4.69) is 47.5 Å². The van der Waals surface area contributed by atoms with Gasteiger partial charge in [-0.25, -0.2) is 0 Å². The zero-order valence-corrected chi connectivity index (χ0v) is 17.2. The van der Waals surface area contributed by atoms with Crippen LogP contribution in [0.1, 0.15) is 0 Å². The summed E-state index contributed by atoms with van der Waals surface area (Å²) in [6.07, 6.45) is 4.30. The van der Waals surface area contributed by atoms with Gasteiger partial charge in [-0.3, -0.25) is 0 Å². The van der Waals surface area contributed by atoms with Crippen LogP contribution in [0.4, 0.5) is 0 Å². The molecule has 0 saturated heterocycles. The Hall–Kier alpha value is -0.180. The minimum atomic E-state index is 1.02. The van der Waals surface area contributed by atoms with Crippen molar-refractivity contribution in [3.8, 4) is 21.3 Å². The van der Waals surface area contributed by atoms with Crippen molar-refractivity contribution in [1.29, 1.82) is 0 Å². The van der Waals surface area contributed by atoms with E-state index in [1.807, 2.05) is 47.0 Å². The zero-order chi connectivity index (χ0) is 15.8. The quantitative estimate of drug-likeness (QED) is 0.432. The van der Waals surface area contributed by atoms with Gasteiger partial charge >= 0.3 is 0 Å². The Morgan fingerprint density at radius 3 is 1.61 bits per heavy atom. The SMILES string of the molecule is CSC1=C(SC)Sc2c(-c3cccs3)oc(-c3cccs3)c2S1. The minimum absolute atomic E-state index is 1.02. The van der Waals surface area contributed by atoms with Crippen LogP contribution in [0, 0.1) is 0 Å². The highest BCUT2D eigenvalue weighted by atomic mass is 32.2. The van der Waals surface area contributed by atoms with Gasteiger partial charge in [0, 0.05) is 0 Å². The average Bonchev–Trinajstić information content (AvgIpc) is 3.31. The summed E-state index contributed by atoms with van der Waals surface area (Å²) in [5.41, 5.74) is 0. The van der Waals surface area contributed by atoms with Crippen LogP contribution < -0.4 is 0 Å². The summed E-state index contributed by atoms with van der Waals surface area (Å²) in [7, 11) is 0. The van der Waals surface area contributed by atoms with Gasteiger partial charge in [-0.2, -0.15) is 0 Å². The standard InChI is InChI=1S/C16H12OS6/c1-18-15-16(19-2)23-14-12(10-6-4-8-21-10)17-11(13(14)22-15)9-5-3-7-20-9/h3-8H,1-2H3. The molecule has 1 nitrogen and oxygen atoms in total. The molecule has 0 bridgehead atoms. The van der Waals surface area contributed by atoms with Crippen molar-refractivity contribution in [1.82, 2.24) is 0 Å². The Morgan fingerprint density at radius 1 is 0.783 bits per heavy atom. The summed E-state index contributed by atoms with van der Waals surface area (Å²) in [5.74, 6) is 2.03. The molecule has 7 heteroatoms. The first-order valence-electron chi connectivity index (χ1n) is 6.74. The Kier molecular flexibility index (Phi) is 4.94. The molecular formula is C16H12OS6. The summed E-state index contributed by atoms with van der Waals surface area (Å²) in [5, 5.41) is 4.21. The van der Waals surface area contributed by atoms with Crippen LogP contribution in [0.3, 0.4) is 0 Å². The molecule has 3 aromatic heterocycles. The van der Waals surface area contributed by atoms with E-state index in [0.29, 0.717) is 0 Å². The third-order valence-corrected chi connectivity index (χ3v) is 10.2. The van der Waals surface area contributed by atoms with E-state index >= 15 is 0 Å². The fourth-order valence-electron chi connectivity index (χ4n) is 2.25. The Bertz CT molecular complexity index is 773. The van der Waals surface area contributed by atoms with Crippen LogP contribution in [-0.4, -0.2) is 12.5 Å². The van der Waals surface area contributed by atoms with Crippen LogP contribution in [0.2, 0.25) is 0 Å². The molecule has 0 aromatic carbocycles. The van der Waals surface area contributed by atoms with Crippen LogP contribution in [0.5, 0.6) is 0 Å². The van der Waals surface area contributed by atoms with Crippen LogP contribution >= 0.6 is 69.7 Å². The van der Waals surface area contributed by atoms with Crippen molar-refractivity contribution >= 4 is 69.7 Å². The van der Waals surface area contributed by atoms with Gasteiger partial charge in [0.05, 0.1) is 28.0 Å². The van der Waals surface area contributed by atoms with Crippen molar-refractivity contribution in [2.75, 3.05) is 12.5 Å². The number of hydrogen-bond donors (Lipinski definition) is 0. The maximum absolute atomic E-state index is 6.38. The number of furan rings is 1. The van der Waals surface area contributed by atoms with Gasteiger partial charge in [0.25, 0.3) is 0 Å². The van der Waals surface area contributed by atoms with Gasteiger partial charge in [-0.1, -0.05) is 35.7 Å². The predicted octanol–water partition coefficient (Wildman–Crippen LogP) is 7.79.